The summed E-state index contributed by atoms with van der Waals surface area (Å²) in [5.74, 6) is 1.81. The van der Waals surface area contributed by atoms with Gasteiger partial charge in [-0.2, -0.15) is 0 Å². The summed E-state index contributed by atoms with van der Waals surface area (Å²) in [6.07, 6.45) is 3.71. The van der Waals surface area contributed by atoms with Crippen LogP contribution in [0.25, 0.3) is 0 Å². The van der Waals surface area contributed by atoms with E-state index in [0.29, 0.717) is 13.1 Å². The second-order valence-corrected chi connectivity index (χ2v) is 4.56. The Morgan fingerprint density at radius 3 is 2.50 bits per heavy atom. The summed E-state index contributed by atoms with van der Waals surface area (Å²) < 4.78 is 0. The molecule has 0 amide bonds. The highest BCUT2D eigenvalue weighted by Gasteiger charge is 2.03. The van der Waals surface area contributed by atoms with Crippen LogP contribution in [0.2, 0.25) is 0 Å². The van der Waals surface area contributed by atoms with Crippen molar-refractivity contribution in [2.75, 3.05) is 31.1 Å². The first-order valence-corrected chi connectivity index (χ1v) is 7.58. The maximum Gasteiger partial charge on any atom is 0.191 e. The molecular formula is C16H28IN5. The third-order valence-corrected chi connectivity index (χ3v) is 3.07. The van der Waals surface area contributed by atoms with Gasteiger partial charge in [0.1, 0.15) is 5.82 Å². The van der Waals surface area contributed by atoms with Crippen LogP contribution in [0.15, 0.2) is 36.0 Å². The van der Waals surface area contributed by atoms with Crippen LogP contribution in [0.3, 0.4) is 0 Å². The first kappa shape index (κ1) is 20.7. The lowest BCUT2D eigenvalue weighted by atomic mass is 10.3. The van der Waals surface area contributed by atoms with E-state index in [9.17, 15) is 0 Å². The quantitative estimate of drug-likeness (QED) is 0.296. The van der Waals surface area contributed by atoms with Crippen molar-refractivity contribution in [2.45, 2.75) is 27.3 Å². The fourth-order valence-corrected chi connectivity index (χ4v) is 1.93. The van der Waals surface area contributed by atoms with Gasteiger partial charge in [-0.1, -0.05) is 12.1 Å². The van der Waals surface area contributed by atoms with E-state index in [1.807, 2.05) is 19.2 Å². The molecule has 1 aromatic heterocycles. The van der Waals surface area contributed by atoms with E-state index >= 15 is 0 Å². The third kappa shape index (κ3) is 7.11. The molecule has 5 nitrogen and oxygen atoms in total. The first-order valence-electron chi connectivity index (χ1n) is 7.58. The molecule has 0 aliphatic heterocycles. The largest absolute Gasteiger partial charge is 0.357 e. The molecule has 0 atom stereocenters. The molecule has 1 rings (SSSR count). The molecule has 0 bridgehead atoms. The average molecular weight is 417 g/mol. The van der Waals surface area contributed by atoms with E-state index in [1.165, 1.54) is 0 Å². The minimum absolute atomic E-state index is 0. The predicted octanol–water partition coefficient (Wildman–Crippen LogP) is 2.79. The van der Waals surface area contributed by atoms with Gasteiger partial charge in [0.25, 0.3) is 0 Å². The number of aromatic nitrogens is 1. The van der Waals surface area contributed by atoms with Crippen molar-refractivity contribution in [3.8, 4) is 0 Å². The number of aliphatic imine (C=N–C) groups is 1. The number of nitrogens with zero attached hydrogens (tertiary/aromatic N) is 3. The maximum absolute atomic E-state index is 4.53. The zero-order valence-electron chi connectivity index (χ0n) is 13.8. The summed E-state index contributed by atoms with van der Waals surface area (Å²) >= 11 is 0. The van der Waals surface area contributed by atoms with Crippen LogP contribution in [-0.4, -0.2) is 37.1 Å². The Balaban J connectivity index is 0.00000441. The molecule has 124 valence electrons. The van der Waals surface area contributed by atoms with Crippen LogP contribution in [0.4, 0.5) is 5.82 Å². The summed E-state index contributed by atoms with van der Waals surface area (Å²) in [7, 11) is 0. The summed E-state index contributed by atoms with van der Waals surface area (Å²) in [6, 6.07) is 4.14. The van der Waals surface area contributed by atoms with Crippen LogP contribution < -0.4 is 15.5 Å². The minimum Gasteiger partial charge on any atom is -0.357 e. The molecule has 0 aliphatic rings. The number of anilines is 1. The van der Waals surface area contributed by atoms with Crippen molar-refractivity contribution < 1.29 is 0 Å². The number of hydrogen-bond donors (Lipinski definition) is 2. The van der Waals surface area contributed by atoms with Gasteiger partial charge in [0.15, 0.2) is 5.96 Å². The van der Waals surface area contributed by atoms with Crippen molar-refractivity contribution in [3.05, 3.63) is 36.5 Å². The standard InChI is InChI=1S/C16H27N5.HI/c1-5-11-18-16(17-6-2)20-13-14-9-10-15(19-12-14)21(7-3)8-4;/h5,9-10,12H,1,6-8,11,13H2,2-4H3,(H2,17,18,20);1H. The van der Waals surface area contributed by atoms with Crippen molar-refractivity contribution in [3.63, 3.8) is 0 Å². The average Bonchev–Trinajstić information content (AvgIpc) is 2.52. The normalized spacial score (nSPS) is 10.6. The van der Waals surface area contributed by atoms with Gasteiger partial charge in [-0.05, 0) is 32.4 Å². The summed E-state index contributed by atoms with van der Waals surface area (Å²) in [6.45, 7) is 14.1. The van der Waals surface area contributed by atoms with Crippen molar-refractivity contribution in [1.29, 1.82) is 0 Å². The predicted molar refractivity (Wildman–Crippen MR) is 106 cm³/mol. The van der Waals surface area contributed by atoms with Crippen LogP contribution in [-0.2, 0) is 6.54 Å². The molecular weight excluding hydrogens is 389 g/mol. The number of halogens is 1. The zero-order valence-corrected chi connectivity index (χ0v) is 16.1. The Morgan fingerprint density at radius 1 is 1.27 bits per heavy atom. The first-order chi connectivity index (χ1) is 10.2. The SMILES string of the molecule is C=CCNC(=NCc1ccc(N(CC)CC)nc1)NCC.I. The highest BCUT2D eigenvalue weighted by Crippen LogP contribution is 2.11. The van der Waals surface area contributed by atoms with Gasteiger partial charge in [0.05, 0.1) is 6.54 Å². The van der Waals surface area contributed by atoms with Crippen molar-refractivity contribution in [2.24, 2.45) is 4.99 Å². The topological polar surface area (TPSA) is 52.6 Å². The van der Waals surface area contributed by atoms with E-state index in [4.69, 9.17) is 0 Å². The minimum atomic E-state index is 0. The van der Waals surface area contributed by atoms with E-state index in [-0.39, 0.29) is 24.0 Å². The molecule has 0 aromatic carbocycles. The highest BCUT2D eigenvalue weighted by atomic mass is 127. The smallest absolute Gasteiger partial charge is 0.191 e. The third-order valence-electron chi connectivity index (χ3n) is 3.07. The van der Waals surface area contributed by atoms with Crippen LogP contribution in [0.5, 0.6) is 0 Å². The Bertz CT molecular complexity index is 440. The molecule has 1 heterocycles. The fraction of sp³-hybridized carbons (Fsp3) is 0.500. The molecule has 0 radical (unpaired) electrons. The number of hydrogen-bond acceptors (Lipinski definition) is 3. The molecule has 0 fully saturated rings. The molecule has 0 spiro atoms. The van der Waals surface area contributed by atoms with E-state index < -0.39 is 0 Å². The highest BCUT2D eigenvalue weighted by molar-refractivity contribution is 14.0. The lowest BCUT2D eigenvalue weighted by molar-refractivity contribution is 0.840. The summed E-state index contributed by atoms with van der Waals surface area (Å²) in [5, 5.41) is 6.38. The molecule has 0 saturated carbocycles. The van der Waals surface area contributed by atoms with Gasteiger partial charge < -0.3 is 15.5 Å². The van der Waals surface area contributed by atoms with Gasteiger partial charge in [-0.3, -0.25) is 0 Å². The maximum atomic E-state index is 4.53. The lowest BCUT2D eigenvalue weighted by Gasteiger charge is -2.19. The van der Waals surface area contributed by atoms with Crippen LogP contribution in [0, 0.1) is 0 Å². The lowest BCUT2D eigenvalue weighted by Crippen LogP contribution is -2.37. The Morgan fingerprint density at radius 2 is 2.00 bits per heavy atom. The number of guanidine groups is 1. The molecule has 1 aromatic rings. The number of nitrogens with one attached hydrogen (secondary N) is 2. The Kier molecular flexibility index (Phi) is 11.5. The van der Waals surface area contributed by atoms with E-state index in [2.05, 4.69) is 58.1 Å². The number of rotatable bonds is 8. The van der Waals surface area contributed by atoms with E-state index in [0.717, 1.165) is 37.0 Å². The van der Waals surface area contributed by atoms with Crippen LogP contribution in [0.1, 0.15) is 26.3 Å². The monoisotopic (exact) mass is 417 g/mol. The molecule has 2 N–H and O–H groups in total. The summed E-state index contributed by atoms with van der Waals surface area (Å²) in [4.78, 5) is 11.3. The Hall–Kier alpha value is -1.31. The second-order valence-electron chi connectivity index (χ2n) is 4.56. The molecule has 0 unspecified atom stereocenters. The van der Waals surface area contributed by atoms with Gasteiger partial charge in [-0.15, -0.1) is 30.6 Å². The molecule has 0 aliphatic carbocycles. The van der Waals surface area contributed by atoms with Gasteiger partial charge in [-0.25, -0.2) is 9.98 Å². The molecule has 6 heteroatoms. The van der Waals surface area contributed by atoms with Gasteiger partial charge in [0, 0.05) is 32.4 Å². The molecule has 22 heavy (non-hydrogen) atoms. The fourth-order valence-electron chi connectivity index (χ4n) is 1.93. The van der Waals surface area contributed by atoms with Crippen molar-refractivity contribution >= 4 is 35.8 Å². The summed E-state index contributed by atoms with van der Waals surface area (Å²) in [5.41, 5.74) is 1.10. The number of pyridine rings is 1. The molecule has 0 saturated heterocycles. The van der Waals surface area contributed by atoms with Crippen LogP contribution >= 0.6 is 24.0 Å². The van der Waals surface area contributed by atoms with Crippen molar-refractivity contribution in [1.82, 2.24) is 15.6 Å². The Labute approximate surface area is 151 Å². The van der Waals surface area contributed by atoms with Gasteiger partial charge >= 0.3 is 0 Å². The second kappa shape index (κ2) is 12.3. The van der Waals surface area contributed by atoms with E-state index in [1.54, 1.807) is 0 Å². The van der Waals surface area contributed by atoms with Gasteiger partial charge in [0.2, 0.25) is 0 Å². The zero-order chi connectivity index (χ0) is 15.5.